The summed E-state index contributed by atoms with van der Waals surface area (Å²) in [5, 5.41) is 21.2. The quantitative estimate of drug-likeness (QED) is 0.578. The van der Waals surface area contributed by atoms with Crippen LogP contribution in [0.2, 0.25) is 0 Å². The zero-order chi connectivity index (χ0) is 17.3. The SMILES string of the molecule is Cc1ccc2c(c1NN=C(C#N)C#N)C(=O)c1ccccc1C2=O. The van der Waals surface area contributed by atoms with Gasteiger partial charge in [0.15, 0.2) is 11.6 Å². The van der Waals surface area contributed by atoms with Crippen LogP contribution in [0.3, 0.4) is 0 Å². The Morgan fingerprint density at radius 3 is 2.21 bits per heavy atom. The smallest absolute Gasteiger partial charge is 0.237 e. The summed E-state index contributed by atoms with van der Waals surface area (Å²) in [7, 11) is 0. The maximum Gasteiger partial charge on any atom is 0.237 e. The van der Waals surface area contributed by atoms with Gasteiger partial charge in [0.05, 0.1) is 11.3 Å². The minimum absolute atomic E-state index is 0.206. The van der Waals surface area contributed by atoms with E-state index in [0.29, 0.717) is 22.4 Å². The van der Waals surface area contributed by atoms with Crippen molar-refractivity contribution in [3.63, 3.8) is 0 Å². The third-order valence-corrected chi connectivity index (χ3v) is 3.79. The van der Waals surface area contributed by atoms with Crippen molar-refractivity contribution in [1.82, 2.24) is 0 Å². The van der Waals surface area contributed by atoms with E-state index in [-0.39, 0.29) is 28.4 Å². The Hall–Kier alpha value is -3.77. The van der Waals surface area contributed by atoms with Crippen molar-refractivity contribution in [2.45, 2.75) is 6.92 Å². The maximum atomic E-state index is 12.8. The highest BCUT2D eigenvalue weighted by atomic mass is 16.1. The van der Waals surface area contributed by atoms with E-state index in [1.165, 1.54) is 0 Å². The van der Waals surface area contributed by atoms with E-state index in [1.54, 1.807) is 55.5 Å². The van der Waals surface area contributed by atoms with Crippen LogP contribution >= 0.6 is 0 Å². The molecule has 0 radical (unpaired) electrons. The molecule has 6 heteroatoms. The van der Waals surface area contributed by atoms with E-state index in [1.807, 2.05) is 0 Å². The normalized spacial score (nSPS) is 11.6. The molecule has 0 aromatic heterocycles. The molecule has 0 fully saturated rings. The Balaban J connectivity index is 2.20. The molecule has 0 heterocycles. The second-order valence-corrected chi connectivity index (χ2v) is 5.18. The molecule has 1 N–H and O–H groups in total. The van der Waals surface area contributed by atoms with Gasteiger partial charge in [0.1, 0.15) is 12.1 Å². The van der Waals surface area contributed by atoms with Crippen LogP contribution in [0.1, 0.15) is 37.4 Å². The average Bonchev–Trinajstić information content (AvgIpc) is 2.61. The number of nitriles is 2. The first-order valence-corrected chi connectivity index (χ1v) is 7.04. The lowest BCUT2D eigenvalue weighted by Gasteiger charge is -2.21. The maximum absolute atomic E-state index is 12.8. The first-order valence-electron chi connectivity index (χ1n) is 7.04. The van der Waals surface area contributed by atoms with Crippen molar-refractivity contribution in [2.24, 2.45) is 5.10 Å². The van der Waals surface area contributed by atoms with E-state index < -0.39 is 0 Å². The number of benzene rings is 2. The Morgan fingerprint density at radius 2 is 1.58 bits per heavy atom. The average molecular weight is 314 g/mol. The fourth-order valence-corrected chi connectivity index (χ4v) is 2.62. The van der Waals surface area contributed by atoms with Crippen LogP contribution in [-0.2, 0) is 0 Å². The molecule has 0 saturated carbocycles. The summed E-state index contributed by atoms with van der Waals surface area (Å²) in [6.07, 6.45) is 0. The van der Waals surface area contributed by atoms with Gasteiger partial charge in [-0.3, -0.25) is 15.0 Å². The van der Waals surface area contributed by atoms with Crippen molar-refractivity contribution < 1.29 is 9.59 Å². The van der Waals surface area contributed by atoms with E-state index in [4.69, 9.17) is 10.5 Å². The zero-order valence-corrected chi connectivity index (χ0v) is 12.6. The Morgan fingerprint density at radius 1 is 0.958 bits per heavy atom. The highest BCUT2D eigenvalue weighted by molar-refractivity contribution is 6.30. The van der Waals surface area contributed by atoms with Crippen molar-refractivity contribution in [3.8, 4) is 12.1 Å². The topological polar surface area (TPSA) is 106 Å². The molecule has 0 aliphatic heterocycles. The molecule has 24 heavy (non-hydrogen) atoms. The Kier molecular flexibility index (Phi) is 3.65. The Labute approximate surface area is 137 Å². The summed E-state index contributed by atoms with van der Waals surface area (Å²) in [6.45, 7) is 1.74. The van der Waals surface area contributed by atoms with Crippen LogP contribution in [0.5, 0.6) is 0 Å². The van der Waals surface area contributed by atoms with Crippen molar-refractivity contribution in [3.05, 3.63) is 64.2 Å². The summed E-state index contributed by atoms with van der Waals surface area (Å²) in [4.78, 5) is 25.5. The summed E-state index contributed by atoms with van der Waals surface area (Å²) in [6, 6.07) is 13.2. The van der Waals surface area contributed by atoms with Gasteiger partial charge in [-0.15, -0.1) is 0 Å². The standard InChI is InChI=1S/C18H10N4O2/c1-10-6-7-14-15(16(10)22-21-11(8-19)9-20)18(24)13-5-3-2-4-12(13)17(14)23/h2-7,22H,1H3. The first kappa shape index (κ1) is 15.1. The fourth-order valence-electron chi connectivity index (χ4n) is 2.62. The van der Waals surface area contributed by atoms with Crippen LogP contribution in [0.25, 0.3) is 0 Å². The lowest BCUT2D eigenvalue weighted by Crippen LogP contribution is -2.22. The molecule has 0 saturated heterocycles. The molecule has 6 nitrogen and oxygen atoms in total. The van der Waals surface area contributed by atoms with Crippen LogP contribution in [0.4, 0.5) is 5.69 Å². The number of nitrogens with one attached hydrogen (secondary N) is 1. The van der Waals surface area contributed by atoms with Gasteiger partial charge in [-0.25, -0.2) is 0 Å². The summed E-state index contributed by atoms with van der Waals surface area (Å²) < 4.78 is 0. The van der Waals surface area contributed by atoms with Crippen molar-refractivity contribution in [2.75, 3.05) is 5.43 Å². The highest BCUT2D eigenvalue weighted by Crippen LogP contribution is 2.33. The monoisotopic (exact) mass is 314 g/mol. The van der Waals surface area contributed by atoms with Gasteiger partial charge < -0.3 is 0 Å². The van der Waals surface area contributed by atoms with Crippen LogP contribution in [-0.4, -0.2) is 17.3 Å². The fraction of sp³-hybridized carbons (Fsp3) is 0.0556. The van der Waals surface area contributed by atoms with Gasteiger partial charge in [0.2, 0.25) is 5.71 Å². The van der Waals surface area contributed by atoms with E-state index in [2.05, 4.69) is 10.5 Å². The highest BCUT2D eigenvalue weighted by Gasteiger charge is 2.32. The number of hydrazone groups is 1. The lowest BCUT2D eigenvalue weighted by molar-refractivity contribution is 0.0979. The number of hydrogen-bond acceptors (Lipinski definition) is 6. The van der Waals surface area contributed by atoms with Gasteiger partial charge in [-0.1, -0.05) is 30.3 Å². The van der Waals surface area contributed by atoms with Crippen LogP contribution in [0.15, 0.2) is 41.5 Å². The number of nitrogens with zero attached hydrogens (tertiary/aromatic N) is 3. The number of rotatable bonds is 2. The lowest BCUT2D eigenvalue weighted by atomic mass is 9.82. The van der Waals surface area contributed by atoms with Crippen LogP contribution in [0, 0.1) is 29.6 Å². The molecule has 0 amide bonds. The summed E-state index contributed by atoms with van der Waals surface area (Å²) in [5.41, 5.74) is 4.39. The van der Waals surface area contributed by atoms with Gasteiger partial charge in [0, 0.05) is 16.7 Å². The molecule has 1 aliphatic carbocycles. The number of ketones is 2. The molecule has 1 aliphatic rings. The molecule has 3 rings (SSSR count). The molecule has 0 atom stereocenters. The van der Waals surface area contributed by atoms with Gasteiger partial charge >= 0.3 is 0 Å². The molecule has 0 spiro atoms. The number of fused-ring (bicyclic) bond motifs is 2. The third kappa shape index (κ3) is 2.23. The molecular weight excluding hydrogens is 304 g/mol. The minimum Gasteiger partial charge on any atom is -0.289 e. The number of hydrogen-bond donors (Lipinski definition) is 1. The molecular formula is C18H10N4O2. The van der Waals surface area contributed by atoms with Crippen LogP contribution < -0.4 is 5.43 Å². The second-order valence-electron chi connectivity index (χ2n) is 5.18. The number of carbonyl (C=O) groups is 2. The Bertz CT molecular complexity index is 991. The predicted octanol–water partition coefficient (Wildman–Crippen LogP) is 2.59. The van der Waals surface area contributed by atoms with Crippen molar-refractivity contribution >= 4 is 23.0 Å². The van der Waals surface area contributed by atoms with Gasteiger partial charge in [-0.2, -0.15) is 15.6 Å². The van der Waals surface area contributed by atoms with Gasteiger partial charge in [-0.05, 0) is 18.6 Å². The summed E-state index contributed by atoms with van der Waals surface area (Å²) >= 11 is 0. The second kappa shape index (κ2) is 5.79. The molecule has 114 valence electrons. The predicted molar refractivity (Wildman–Crippen MR) is 86.8 cm³/mol. The summed E-state index contributed by atoms with van der Waals surface area (Å²) in [5.74, 6) is -0.537. The zero-order valence-electron chi connectivity index (χ0n) is 12.6. The molecule has 0 unspecified atom stereocenters. The minimum atomic E-state index is -0.373. The van der Waals surface area contributed by atoms with E-state index in [9.17, 15) is 9.59 Å². The number of anilines is 1. The van der Waals surface area contributed by atoms with Gasteiger partial charge in [0.25, 0.3) is 0 Å². The van der Waals surface area contributed by atoms with E-state index >= 15 is 0 Å². The van der Waals surface area contributed by atoms with E-state index in [0.717, 1.165) is 0 Å². The molecule has 2 aromatic carbocycles. The van der Waals surface area contributed by atoms with Crippen molar-refractivity contribution in [1.29, 1.82) is 10.5 Å². The largest absolute Gasteiger partial charge is 0.289 e. The number of aryl methyl sites for hydroxylation is 1. The molecule has 2 aromatic rings. The third-order valence-electron chi connectivity index (χ3n) is 3.79. The molecule has 0 bridgehead atoms. The number of carbonyl (C=O) groups excluding carboxylic acids is 2. The first-order chi connectivity index (χ1) is 11.6.